The minimum Gasteiger partial charge on any atom is -0.478 e. The third kappa shape index (κ3) is 3.66. The molecule has 2 rings (SSSR count). The number of hydrogen-bond donors (Lipinski definition) is 5. The fourth-order valence-corrected chi connectivity index (χ4v) is 2.09. The van der Waals surface area contributed by atoms with Gasteiger partial charge in [0.1, 0.15) is 24.4 Å². The molecule has 5 N–H and O–H groups in total. The summed E-state index contributed by atoms with van der Waals surface area (Å²) in [5.74, 6) is -2.08. The molecule has 0 amide bonds. The first-order chi connectivity index (χ1) is 10.8. The Morgan fingerprint density at radius 2 is 1.57 bits per heavy atom. The molecule has 1 aromatic carbocycles. The summed E-state index contributed by atoms with van der Waals surface area (Å²) in [6, 6.07) is 4.84. The number of ether oxygens (including phenoxy) is 2. The highest BCUT2D eigenvalue weighted by atomic mass is 16.7. The van der Waals surface area contributed by atoms with Crippen LogP contribution in [0.1, 0.15) is 20.7 Å². The highest BCUT2D eigenvalue weighted by Crippen LogP contribution is 2.22. The average molecular weight is 328 g/mol. The van der Waals surface area contributed by atoms with Crippen LogP contribution in [-0.4, -0.2) is 74.8 Å². The van der Waals surface area contributed by atoms with Crippen LogP contribution in [0.5, 0.6) is 0 Å². The number of aliphatic hydroxyl groups excluding tert-OH is 4. The number of aromatic carboxylic acids is 1. The second-order valence-electron chi connectivity index (χ2n) is 4.99. The first-order valence-corrected chi connectivity index (χ1v) is 6.70. The topological polar surface area (TPSA) is 154 Å². The molecule has 1 aromatic rings. The zero-order valence-corrected chi connectivity index (χ0v) is 11.8. The summed E-state index contributed by atoms with van der Waals surface area (Å²) in [4.78, 5) is 22.7. The first-order valence-electron chi connectivity index (χ1n) is 6.70. The van der Waals surface area contributed by atoms with E-state index in [1.54, 1.807) is 0 Å². The van der Waals surface area contributed by atoms with Crippen molar-refractivity contribution in [3.05, 3.63) is 35.4 Å². The molecule has 9 heteroatoms. The molecular weight excluding hydrogens is 312 g/mol. The van der Waals surface area contributed by atoms with Crippen molar-refractivity contribution in [1.29, 1.82) is 0 Å². The van der Waals surface area contributed by atoms with Crippen LogP contribution in [0.2, 0.25) is 0 Å². The number of benzene rings is 1. The standard InChI is InChI=1S/C14H16O9/c15-5-8-9(16)10(17)11(18)14(22-8)23-13(21)7-3-1-6(2-4-7)12(19)20/h1-4,8-11,14-18H,5H2,(H,19,20)/t8-,9-,10+,11-,14?/m1/s1. The molecule has 126 valence electrons. The van der Waals surface area contributed by atoms with Gasteiger partial charge in [-0.25, -0.2) is 9.59 Å². The van der Waals surface area contributed by atoms with E-state index in [1.807, 2.05) is 0 Å². The largest absolute Gasteiger partial charge is 0.478 e. The summed E-state index contributed by atoms with van der Waals surface area (Å²) >= 11 is 0. The maximum atomic E-state index is 12.0. The van der Waals surface area contributed by atoms with Gasteiger partial charge in [0.05, 0.1) is 17.7 Å². The van der Waals surface area contributed by atoms with E-state index in [1.165, 1.54) is 24.3 Å². The first kappa shape index (κ1) is 17.3. The lowest BCUT2D eigenvalue weighted by Crippen LogP contribution is -2.59. The van der Waals surface area contributed by atoms with Crippen molar-refractivity contribution in [3.63, 3.8) is 0 Å². The Morgan fingerprint density at radius 1 is 1.00 bits per heavy atom. The molecule has 23 heavy (non-hydrogen) atoms. The summed E-state index contributed by atoms with van der Waals surface area (Å²) in [6.45, 7) is -0.647. The summed E-state index contributed by atoms with van der Waals surface area (Å²) in [5.41, 5.74) is -0.0126. The Morgan fingerprint density at radius 3 is 2.09 bits per heavy atom. The van der Waals surface area contributed by atoms with Crippen LogP contribution in [0.3, 0.4) is 0 Å². The Hall–Kier alpha value is -2.04. The monoisotopic (exact) mass is 328 g/mol. The highest BCUT2D eigenvalue weighted by Gasteiger charge is 2.45. The van der Waals surface area contributed by atoms with Gasteiger partial charge in [-0.05, 0) is 24.3 Å². The molecule has 1 aliphatic heterocycles. The summed E-state index contributed by atoms with van der Waals surface area (Å²) in [6.07, 6.45) is -7.69. The number of carbonyl (C=O) groups excluding carboxylic acids is 1. The zero-order valence-electron chi connectivity index (χ0n) is 11.8. The van der Waals surface area contributed by atoms with E-state index in [2.05, 4.69) is 0 Å². The summed E-state index contributed by atoms with van der Waals surface area (Å²) in [5, 5.41) is 46.8. The third-order valence-electron chi connectivity index (χ3n) is 3.44. The number of hydrogen-bond acceptors (Lipinski definition) is 8. The van der Waals surface area contributed by atoms with Crippen molar-refractivity contribution >= 4 is 11.9 Å². The van der Waals surface area contributed by atoms with Crippen molar-refractivity contribution in [1.82, 2.24) is 0 Å². The van der Waals surface area contributed by atoms with E-state index in [4.69, 9.17) is 19.7 Å². The van der Waals surface area contributed by atoms with Crippen LogP contribution in [0.15, 0.2) is 24.3 Å². The van der Waals surface area contributed by atoms with Gasteiger partial charge in [-0.1, -0.05) is 0 Å². The van der Waals surface area contributed by atoms with Crippen LogP contribution in [0.25, 0.3) is 0 Å². The van der Waals surface area contributed by atoms with Crippen LogP contribution in [0, 0.1) is 0 Å². The number of esters is 1. The molecule has 0 saturated carbocycles. The van der Waals surface area contributed by atoms with Crippen LogP contribution in [0.4, 0.5) is 0 Å². The van der Waals surface area contributed by atoms with E-state index in [0.717, 1.165) is 0 Å². The molecule has 5 atom stereocenters. The van der Waals surface area contributed by atoms with Gasteiger partial charge in [0.2, 0.25) is 6.29 Å². The molecule has 1 heterocycles. The van der Waals surface area contributed by atoms with Crippen molar-refractivity contribution in [2.45, 2.75) is 30.7 Å². The number of carboxylic acid groups (broad SMARTS) is 1. The lowest BCUT2D eigenvalue weighted by Gasteiger charge is -2.39. The van der Waals surface area contributed by atoms with E-state index in [9.17, 15) is 24.9 Å². The molecule has 0 aromatic heterocycles. The van der Waals surface area contributed by atoms with Gasteiger partial charge in [0.25, 0.3) is 0 Å². The zero-order chi connectivity index (χ0) is 17.1. The number of rotatable bonds is 4. The van der Waals surface area contributed by atoms with Gasteiger partial charge in [0, 0.05) is 0 Å². The van der Waals surface area contributed by atoms with E-state index < -0.39 is 49.3 Å². The van der Waals surface area contributed by atoms with Crippen molar-refractivity contribution in [2.75, 3.05) is 6.61 Å². The smallest absolute Gasteiger partial charge is 0.340 e. The minimum atomic E-state index is -1.70. The molecule has 9 nitrogen and oxygen atoms in total. The van der Waals surface area contributed by atoms with E-state index in [-0.39, 0.29) is 11.1 Å². The second kappa shape index (κ2) is 7.02. The summed E-state index contributed by atoms with van der Waals surface area (Å²) < 4.78 is 9.94. The van der Waals surface area contributed by atoms with Crippen LogP contribution < -0.4 is 0 Å². The molecule has 1 saturated heterocycles. The van der Waals surface area contributed by atoms with Crippen molar-refractivity contribution < 1.29 is 44.6 Å². The molecule has 1 fully saturated rings. The van der Waals surface area contributed by atoms with Gasteiger partial charge in [-0.15, -0.1) is 0 Å². The average Bonchev–Trinajstić information content (AvgIpc) is 2.55. The number of carboxylic acids is 1. The number of aliphatic hydroxyl groups is 4. The van der Waals surface area contributed by atoms with Crippen molar-refractivity contribution in [3.8, 4) is 0 Å². The predicted molar refractivity (Wildman–Crippen MR) is 72.6 cm³/mol. The predicted octanol–water partition coefficient (Wildman–Crippen LogP) is -1.66. The molecule has 0 aliphatic carbocycles. The fourth-order valence-electron chi connectivity index (χ4n) is 2.09. The number of carbonyl (C=O) groups is 2. The summed E-state index contributed by atoms with van der Waals surface area (Å²) in [7, 11) is 0. The maximum absolute atomic E-state index is 12.0. The maximum Gasteiger partial charge on any atom is 0.340 e. The quantitative estimate of drug-likeness (QED) is 0.409. The lowest BCUT2D eigenvalue weighted by molar-refractivity contribution is -0.285. The molecule has 0 spiro atoms. The van der Waals surface area contributed by atoms with Crippen molar-refractivity contribution in [2.24, 2.45) is 0 Å². The van der Waals surface area contributed by atoms with Gasteiger partial charge < -0.3 is 35.0 Å². The third-order valence-corrected chi connectivity index (χ3v) is 3.44. The molecule has 0 bridgehead atoms. The van der Waals surface area contributed by atoms with Gasteiger partial charge in [0.15, 0.2) is 0 Å². The second-order valence-corrected chi connectivity index (χ2v) is 4.99. The Bertz CT molecular complexity index is 568. The molecule has 1 unspecified atom stereocenters. The lowest BCUT2D eigenvalue weighted by atomic mass is 9.99. The molecule has 1 aliphatic rings. The fraction of sp³-hybridized carbons (Fsp3) is 0.429. The van der Waals surface area contributed by atoms with E-state index in [0.29, 0.717) is 0 Å². The van der Waals surface area contributed by atoms with Gasteiger partial charge in [-0.3, -0.25) is 0 Å². The molecule has 0 radical (unpaired) electrons. The van der Waals surface area contributed by atoms with Crippen LogP contribution in [-0.2, 0) is 9.47 Å². The Balaban J connectivity index is 2.08. The SMILES string of the molecule is O=C(O)c1ccc(C(=O)OC2O[C@H](CO)[C@@H](O)[C@H](O)[C@H]2O)cc1. The van der Waals surface area contributed by atoms with E-state index >= 15 is 0 Å². The highest BCUT2D eigenvalue weighted by molar-refractivity contribution is 5.92. The molecular formula is C14H16O9. The Kier molecular flexibility index (Phi) is 5.29. The van der Waals surface area contributed by atoms with Gasteiger partial charge in [-0.2, -0.15) is 0 Å². The Labute approximate surface area is 130 Å². The van der Waals surface area contributed by atoms with Gasteiger partial charge >= 0.3 is 11.9 Å². The normalized spacial score (nSPS) is 30.7. The minimum absolute atomic E-state index is 0.00644. The van der Waals surface area contributed by atoms with Crippen LogP contribution >= 0.6 is 0 Å².